The normalized spacial score (nSPS) is 26.5. The predicted octanol–water partition coefficient (Wildman–Crippen LogP) is 4.40. The van der Waals surface area contributed by atoms with Crippen LogP contribution in [0.5, 0.6) is 0 Å². The lowest BCUT2D eigenvalue weighted by atomic mass is 9.95. The van der Waals surface area contributed by atoms with E-state index in [0.717, 1.165) is 5.56 Å². The van der Waals surface area contributed by atoms with Gasteiger partial charge in [-0.05, 0) is 18.4 Å². The van der Waals surface area contributed by atoms with Crippen LogP contribution in [0.4, 0.5) is 8.78 Å². The second kappa shape index (κ2) is 4.09. The van der Waals surface area contributed by atoms with Crippen molar-refractivity contribution in [2.45, 2.75) is 30.6 Å². The van der Waals surface area contributed by atoms with Gasteiger partial charge >= 0.3 is 0 Å². The van der Waals surface area contributed by atoms with Crippen molar-refractivity contribution in [2.24, 2.45) is 5.92 Å². The van der Waals surface area contributed by atoms with E-state index in [1.165, 1.54) is 0 Å². The summed E-state index contributed by atoms with van der Waals surface area (Å²) < 4.78 is 26.9. The van der Waals surface area contributed by atoms with Gasteiger partial charge in [-0.3, -0.25) is 0 Å². The van der Waals surface area contributed by atoms with Gasteiger partial charge in [0.2, 0.25) is 0 Å². The fourth-order valence-corrected chi connectivity index (χ4v) is 2.64. The monoisotopic (exact) mass is 230 g/mol. The minimum absolute atomic E-state index is 0.0201. The Labute approximate surface area is 93.2 Å². The number of hydrogen-bond donors (Lipinski definition) is 0. The van der Waals surface area contributed by atoms with Crippen LogP contribution in [0.3, 0.4) is 0 Å². The minimum atomic E-state index is -2.59. The van der Waals surface area contributed by atoms with Crippen LogP contribution in [0.25, 0.3) is 0 Å². The summed E-state index contributed by atoms with van der Waals surface area (Å²) in [5.41, 5.74) is 0.797. The van der Waals surface area contributed by atoms with Crippen LogP contribution in [0, 0.1) is 5.92 Å². The average Bonchev–Trinajstić information content (AvgIpc) is 2.58. The zero-order chi connectivity index (χ0) is 10.9. The van der Waals surface area contributed by atoms with E-state index in [0.29, 0.717) is 12.8 Å². The first-order valence-electron chi connectivity index (χ1n) is 5.18. The van der Waals surface area contributed by atoms with E-state index in [1.807, 2.05) is 30.3 Å². The highest BCUT2D eigenvalue weighted by Crippen LogP contribution is 2.49. The molecular formula is C12H13ClF2. The average molecular weight is 231 g/mol. The molecule has 3 heteroatoms. The summed E-state index contributed by atoms with van der Waals surface area (Å²) in [5.74, 6) is -3.30. The Morgan fingerprint density at radius 3 is 2.47 bits per heavy atom. The molecule has 0 saturated heterocycles. The van der Waals surface area contributed by atoms with Gasteiger partial charge in [0, 0.05) is 12.3 Å². The van der Waals surface area contributed by atoms with Crippen LogP contribution in [-0.2, 0) is 0 Å². The first-order valence-corrected chi connectivity index (χ1v) is 5.62. The van der Waals surface area contributed by atoms with Crippen molar-refractivity contribution in [1.29, 1.82) is 0 Å². The molecule has 2 unspecified atom stereocenters. The lowest BCUT2D eigenvalue weighted by molar-refractivity contribution is -0.0381. The Kier molecular flexibility index (Phi) is 2.96. The van der Waals surface area contributed by atoms with Gasteiger partial charge in [-0.2, -0.15) is 0 Å². The van der Waals surface area contributed by atoms with Crippen molar-refractivity contribution in [3.8, 4) is 0 Å². The molecule has 1 aromatic carbocycles. The van der Waals surface area contributed by atoms with Gasteiger partial charge in [-0.25, -0.2) is 8.78 Å². The van der Waals surface area contributed by atoms with E-state index in [4.69, 9.17) is 11.6 Å². The number of alkyl halides is 3. The van der Waals surface area contributed by atoms with Crippen molar-refractivity contribution < 1.29 is 8.78 Å². The SMILES string of the molecule is FC1(F)CCCC1C(Cl)c1ccccc1. The lowest BCUT2D eigenvalue weighted by Crippen LogP contribution is -2.25. The van der Waals surface area contributed by atoms with Crippen LogP contribution in [0.1, 0.15) is 30.2 Å². The molecule has 0 heterocycles. The molecule has 1 aromatic rings. The Morgan fingerprint density at radius 2 is 1.93 bits per heavy atom. The van der Waals surface area contributed by atoms with Gasteiger partial charge in [0.1, 0.15) is 0 Å². The quantitative estimate of drug-likeness (QED) is 0.661. The van der Waals surface area contributed by atoms with Crippen LogP contribution in [0.2, 0.25) is 0 Å². The van der Waals surface area contributed by atoms with Crippen molar-refractivity contribution in [3.05, 3.63) is 35.9 Å². The fourth-order valence-electron chi connectivity index (χ4n) is 2.18. The van der Waals surface area contributed by atoms with Crippen molar-refractivity contribution in [1.82, 2.24) is 0 Å². The van der Waals surface area contributed by atoms with Gasteiger partial charge in [0.15, 0.2) is 0 Å². The van der Waals surface area contributed by atoms with Crippen LogP contribution in [-0.4, -0.2) is 5.92 Å². The maximum Gasteiger partial charge on any atom is 0.252 e. The molecule has 0 nitrogen and oxygen atoms in total. The molecule has 82 valence electrons. The highest BCUT2D eigenvalue weighted by atomic mass is 35.5. The van der Waals surface area contributed by atoms with E-state index in [1.54, 1.807) is 0 Å². The predicted molar refractivity (Wildman–Crippen MR) is 57.3 cm³/mol. The maximum atomic E-state index is 13.5. The summed E-state index contributed by atoms with van der Waals surface area (Å²) >= 11 is 6.12. The summed E-state index contributed by atoms with van der Waals surface area (Å²) in [6, 6.07) is 9.15. The molecule has 1 aliphatic carbocycles. The highest BCUT2D eigenvalue weighted by molar-refractivity contribution is 6.21. The molecule has 0 aliphatic heterocycles. The van der Waals surface area contributed by atoms with Crippen molar-refractivity contribution in [3.63, 3.8) is 0 Å². The zero-order valence-corrected chi connectivity index (χ0v) is 9.05. The molecule has 0 aromatic heterocycles. The third kappa shape index (κ3) is 2.15. The summed E-state index contributed by atoms with van der Waals surface area (Å²) in [7, 11) is 0. The standard InChI is InChI=1S/C12H13ClF2/c13-11(9-5-2-1-3-6-9)10-7-4-8-12(10,14)15/h1-3,5-6,10-11H,4,7-8H2. The summed E-state index contributed by atoms with van der Waals surface area (Å²) in [4.78, 5) is 0. The first kappa shape index (κ1) is 10.9. The van der Waals surface area contributed by atoms with Crippen molar-refractivity contribution in [2.75, 3.05) is 0 Å². The molecule has 0 N–H and O–H groups in total. The van der Waals surface area contributed by atoms with E-state index in [-0.39, 0.29) is 6.42 Å². The molecule has 0 bridgehead atoms. The van der Waals surface area contributed by atoms with Gasteiger partial charge < -0.3 is 0 Å². The minimum Gasteiger partial charge on any atom is -0.207 e. The van der Waals surface area contributed by atoms with Gasteiger partial charge in [-0.1, -0.05) is 30.3 Å². The molecule has 1 fully saturated rings. The number of hydrogen-bond acceptors (Lipinski definition) is 0. The van der Waals surface area contributed by atoms with Gasteiger partial charge in [-0.15, -0.1) is 11.6 Å². The van der Waals surface area contributed by atoms with E-state index in [9.17, 15) is 8.78 Å². The molecule has 0 spiro atoms. The second-order valence-electron chi connectivity index (χ2n) is 4.07. The highest BCUT2D eigenvalue weighted by Gasteiger charge is 2.47. The zero-order valence-electron chi connectivity index (χ0n) is 8.30. The molecule has 2 rings (SSSR count). The van der Waals surface area contributed by atoms with Crippen molar-refractivity contribution >= 4 is 11.6 Å². The summed E-state index contributed by atoms with van der Waals surface area (Å²) in [6.07, 6.45) is 1.08. The smallest absolute Gasteiger partial charge is 0.207 e. The third-order valence-electron chi connectivity index (χ3n) is 3.04. The van der Waals surface area contributed by atoms with Crippen LogP contribution < -0.4 is 0 Å². The molecule has 1 aliphatic rings. The van der Waals surface area contributed by atoms with E-state index < -0.39 is 17.2 Å². The third-order valence-corrected chi connectivity index (χ3v) is 3.60. The van der Waals surface area contributed by atoms with Crippen LogP contribution >= 0.6 is 11.6 Å². The Hall–Kier alpha value is -0.630. The van der Waals surface area contributed by atoms with E-state index in [2.05, 4.69) is 0 Å². The lowest BCUT2D eigenvalue weighted by Gasteiger charge is -2.23. The van der Waals surface area contributed by atoms with Crippen LogP contribution in [0.15, 0.2) is 30.3 Å². The van der Waals surface area contributed by atoms with E-state index >= 15 is 0 Å². The molecule has 15 heavy (non-hydrogen) atoms. The van der Waals surface area contributed by atoms with Gasteiger partial charge in [0.25, 0.3) is 5.92 Å². The Bertz CT molecular complexity index is 324. The molecular weight excluding hydrogens is 218 g/mol. The largest absolute Gasteiger partial charge is 0.252 e. The Morgan fingerprint density at radius 1 is 1.27 bits per heavy atom. The summed E-state index contributed by atoms with van der Waals surface area (Å²) in [5, 5.41) is -0.566. The first-order chi connectivity index (χ1) is 7.11. The topological polar surface area (TPSA) is 0 Å². The number of benzene rings is 1. The second-order valence-corrected chi connectivity index (χ2v) is 4.54. The molecule has 2 atom stereocenters. The van der Waals surface area contributed by atoms with Gasteiger partial charge in [0.05, 0.1) is 5.38 Å². The fraction of sp³-hybridized carbons (Fsp3) is 0.500. The molecule has 0 radical (unpaired) electrons. The number of rotatable bonds is 2. The summed E-state index contributed by atoms with van der Waals surface area (Å²) in [6.45, 7) is 0. The Balaban J connectivity index is 2.18. The molecule has 0 amide bonds. The molecule has 1 saturated carbocycles. The maximum absolute atomic E-state index is 13.5. The number of halogens is 3.